The van der Waals surface area contributed by atoms with Gasteiger partial charge in [0.15, 0.2) is 0 Å². The minimum absolute atomic E-state index is 0.0184. The summed E-state index contributed by atoms with van der Waals surface area (Å²) in [6.07, 6.45) is 0.184. The molecule has 0 aliphatic carbocycles. The fraction of sp³-hybridized carbons (Fsp3) is 0.400. The fourth-order valence-corrected chi connectivity index (χ4v) is 3.44. The Labute approximate surface area is 133 Å². The highest BCUT2D eigenvalue weighted by molar-refractivity contribution is 8.00. The number of anilines is 1. The first kappa shape index (κ1) is 16.4. The number of esters is 1. The van der Waals surface area contributed by atoms with Crippen molar-refractivity contribution < 1.29 is 19.1 Å². The molecule has 0 saturated carbocycles. The Kier molecular flexibility index (Phi) is 5.43. The van der Waals surface area contributed by atoms with Crippen molar-refractivity contribution in [3.05, 3.63) is 29.8 Å². The van der Waals surface area contributed by atoms with Crippen molar-refractivity contribution in [1.82, 2.24) is 4.90 Å². The molecule has 1 fully saturated rings. The highest BCUT2D eigenvalue weighted by Crippen LogP contribution is 2.38. The lowest BCUT2D eigenvalue weighted by molar-refractivity contribution is -0.141. The minimum Gasteiger partial charge on any atom is -0.469 e. The summed E-state index contributed by atoms with van der Waals surface area (Å²) in [4.78, 5) is 35.9. The summed E-state index contributed by atoms with van der Waals surface area (Å²) in [5.41, 5.74) is 1.68. The second-order valence-electron chi connectivity index (χ2n) is 4.88. The van der Waals surface area contributed by atoms with E-state index in [0.29, 0.717) is 18.0 Å². The van der Waals surface area contributed by atoms with Crippen molar-refractivity contribution in [1.29, 1.82) is 0 Å². The highest BCUT2D eigenvalue weighted by atomic mass is 32.2. The van der Waals surface area contributed by atoms with Crippen molar-refractivity contribution in [3.8, 4) is 0 Å². The number of rotatable bonds is 5. The zero-order valence-electron chi connectivity index (χ0n) is 12.5. The van der Waals surface area contributed by atoms with Gasteiger partial charge in [0.1, 0.15) is 5.37 Å². The maximum Gasteiger partial charge on any atom is 0.307 e. The van der Waals surface area contributed by atoms with E-state index in [1.54, 1.807) is 17.0 Å². The molecular weight excluding hydrogens is 304 g/mol. The number of methoxy groups -OCH3 is 1. The molecule has 0 aromatic heterocycles. The molecule has 1 saturated heterocycles. The van der Waals surface area contributed by atoms with E-state index in [-0.39, 0.29) is 29.6 Å². The van der Waals surface area contributed by atoms with Crippen molar-refractivity contribution in [3.63, 3.8) is 0 Å². The normalized spacial score (nSPS) is 17.5. The molecule has 22 heavy (non-hydrogen) atoms. The summed E-state index contributed by atoms with van der Waals surface area (Å²) < 4.78 is 4.62. The Morgan fingerprint density at radius 1 is 1.36 bits per heavy atom. The zero-order valence-corrected chi connectivity index (χ0v) is 13.3. The van der Waals surface area contributed by atoms with Gasteiger partial charge in [0.25, 0.3) is 0 Å². The van der Waals surface area contributed by atoms with Gasteiger partial charge in [0.05, 0.1) is 19.3 Å². The summed E-state index contributed by atoms with van der Waals surface area (Å²) in [6.45, 7) is 1.80. The van der Waals surface area contributed by atoms with Gasteiger partial charge in [-0.25, -0.2) is 0 Å². The van der Waals surface area contributed by atoms with Gasteiger partial charge in [0.2, 0.25) is 11.8 Å². The number of ether oxygens (including phenoxy) is 1. The standard InChI is InChI=1S/C15H18N2O4S/c1-10(18)16-12-5-3-11(4-6-12)15-17(13(19)9-22-15)8-7-14(20)21-2/h3-6,15H,7-9H2,1-2H3,(H,16,18). The van der Waals surface area contributed by atoms with Gasteiger partial charge >= 0.3 is 5.97 Å². The SMILES string of the molecule is COC(=O)CCN1C(=O)CSC1c1ccc(NC(C)=O)cc1. The molecule has 1 atom stereocenters. The maximum absolute atomic E-state index is 12.0. The second-order valence-corrected chi connectivity index (χ2v) is 5.95. The van der Waals surface area contributed by atoms with Crippen molar-refractivity contribution in [2.24, 2.45) is 0 Å². The van der Waals surface area contributed by atoms with Gasteiger partial charge in [-0.2, -0.15) is 0 Å². The average Bonchev–Trinajstić information content (AvgIpc) is 2.86. The summed E-state index contributed by atoms with van der Waals surface area (Å²) in [5, 5.41) is 2.59. The largest absolute Gasteiger partial charge is 0.469 e. The van der Waals surface area contributed by atoms with E-state index in [4.69, 9.17) is 0 Å². The van der Waals surface area contributed by atoms with Gasteiger partial charge < -0.3 is 15.0 Å². The first-order valence-electron chi connectivity index (χ1n) is 6.86. The van der Waals surface area contributed by atoms with E-state index < -0.39 is 0 Å². The molecule has 1 unspecified atom stereocenters. The number of nitrogens with zero attached hydrogens (tertiary/aromatic N) is 1. The van der Waals surface area contributed by atoms with Crippen LogP contribution in [0.5, 0.6) is 0 Å². The van der Waals surface area contributed by atoms with E-state index in [1.807, 2.05) is 12.1 Å². The molecule has 6 nitrogen and oxygen atoms in total. The van der Waals surface area contributed by atoms with Crippen LogP contribution in [0, 0.1) is 0 Å². The number of benzene rings is 1. The lowest BCUT2D eigenvalue weighted by Gasteiger charge is -2.24. The van der Waals surface area contributed by atoms with Crippen LogP contribution in [-0.4, -0.2) is 42.1 Å². The van der Waals surface area contributed by atoms with Crippen molar-refractivity contribution >= 4 is 35.2 Å². The number of amides is 2. The van der Waals surface area contributed by atoms with Crippen molar-refractivity contribution in [2.45, 2.75) is 18.7 Å². The molecule has 118 valence electrons. The number of carbonyl (C=O) groups excluding carboxylic acids is 3. The summed E-state index contributed by atoms with van der Waals surface area (Å²) in [6, 6.07) is 7.37. The van der Waals surface area contributed by atoms with Gasteiger partial charge in [0, 0.05) is 19.2 Å². The molecule has 1 heterocycles. The van der Waals surface area contributed by atoms with Crippen LogP contribution in [0.25, 0.3) is 0 Å². The lowest BCUT2D eigenvalue weighted by Crippen LogP contribution is -2.30. The first-order valence-corrected chi connectivity index (χ1v) is 7.91. The Balaban J connectivity index is 2.07. The molecule has 1 aromatic carbocycles. The van der Waals surface area contributed by atoms with E-state index in [0.717, 1.165) is 5.56 Å². The third kappa shape index (κ3) is 4.00. The predicted molar refractivity (Wildman–Crippen MR) is 84.3 cm³/mol. The zero-order chi connectivity index (χ0) is 16.1. The highest BCUT2D eigenvalue weighted by Gasteiger charge is 2.32. The Morgan fingerprint density at radius 3 is 2.64 bits per heavy atom. The summed E-state index contributed by atoms with van der Waals surface area (Å²) >= 11 is 1.53. The number of thioether (sulfide) groups is 1. The molecule has 0 bridgehead atoms. The van der Waals surface area contributed by atoms with Crippen LogP contribution < -0.4 is 5.32 Å². The number of carbonyl (C=O) groups is 3. The summed E-state index contributed by atoms with van der Waals surface area (Å²) in [5.74, 6) is -0.0357. The third-order valence-corrected chi connectivity index (χ3v) is 4.52. The van der Waals surface area contributed by atoms with E-state index in [9.17, 15) is 14.4 Å². The minimum atomic E-state index is -0.329. The number of hydrogen-bond donors (Lipinski definition) is 1. The molecule has 1 aliphatic heterocycles. The smallest absolute Gasteiger partial charge is 0.307 e. The fourth-order valence-electron chi connectivity index (χ4n) is 2.22. The lowest BCUT2D eigenvalue weighted by atomic mass is 10.2. The molecule has 1 N–H and O–H groups in total. The molecule has 0 radical (unpaired) electrons. The van der Waals surface area contributed by atoms with Gasteiger partial charge in [-0.15, -0.1) is 11.8 Å². The van der Waals surface area contributed by atoms with Crippen LogP contribution in [0.15, 0.2) is 24.3 Å². The molecule has 1 aromatic rings. The Bertz CT molecular complexity index is 573. The van der Waals surface area contributed by atoms with Gasteiger partial charge in [-0.05, 0) is 17.7 Å². The molecule has 2 amide bonds. The summed E-state index contributed by atoms with van der Waals surface area (Å²) in [7, 11) is 1.33. The van der Waals surface area contributed by atoms with Crippen LogP contribution in [0.1, 0.15) is 24.3 Å². The number of hydrogen-bond acceptors (Lipinski definition) is 5. The first-order chi connectivity index (χ1) is 10.5. The monoisotopic (exact) mass is 322 g/mol. The van der Waals surface area contributed by atoms with Crippen LogP contribution >= 0.6 is 11.8 Å². The third-order valence-electron chi connectivity index (χ3n) is 3.27. The maximum atomic E-state index is 12.0. The van der Waals surface area contributed by atoms with E-state index in [2.05, 4.69) is 10.1 Å². The average molecular weight is 322 g/mol. The van der Waals surface area contributed by atoms with Crippen LogP contribution in [0.3, 0.4) is 0 Å². The van der Waals surface area contributed by atoms with E-state index >= 15 is 0 Å². The Hall–Kier alpha value is -2.02. The number of nitrogens with one attached hydrogen (secondary N) is 1. The topological polar surface area (TPSA) is 75.7 Å². The molecule has 0 spiro atoms. The van der Waals surface area contributed by atoms with E-state index in [1.165, 1.54) is 25.8 Å². The van der Waals surface area contributed by atoms with Gasteiger partial charge in [-0.3, -0.25) is 14.4 Å². The molecule has 2 rings (SSSR count). The molecule has 1 aliphatic rings. The van der Waals surface area contributed by atoms with Crippen LogP contribution in [0.2, 0.25) is 0 Å². The molecule has 7 heteroatoms. The molecular formula is C15H18N2O4S. The second kappa shape index (κ2) is 7.31. The van der Waals surface area contributed by atoms with Crippen LogP contribution in [-0.2, 0) is 19.1 Å². The van der Waals surface area contributed by atoms with Crippen LogP contribution in [0.4, 0.5) is 5.69 Å². The quantitative estimate of drug-likeness (QED) is 0.836. The van der Waals surface area contributed by atoms with Gasteiger partial charge in [-0.1, -0.05) is 12.1 Å². The predicted octanol–water partition coefficient (Wildman–Crippen LogP) is 1.78. The van der Waals surface area contributed by atoms with Crippen molar-refractivity contribution in [2.75, 3.05) is 24.7 Å². The Morgan fingerprint density at radius 2 is 2.05 bits per heavy atom.